The van der Waals surface area contributed by atoms with Gasteiger partial charge in [-0.2, -0.15) is 0 Å². The van der Waals surface area contributed by atoms with Gasteiger partial charge in [-0.1, -0.05) is 30.3 Å². The number of rotatable bonds is 11. The van der Waals surface area contributed by atoms with Crippen molar-refractivity contribution >= 4 is 12.1 Å². The van der Waals surface area contributed by atoms with Crippen molar-refractivity contribution in [3.8, 4) is 0 Å². The van der Waals surface area contributed by atoms with Crippen LogP contribution in [0.2, 0.25) is 0 Å². The summed E-state index contributed by atoms with van der Waals surface area (Å²) in [6, 6.07) is 7.07. The number of hydrogen-bond donors (Lipinski definition) is 6. The smallest absolute Gasteiger partial charge is 0.413 e. The largest absolute Gasteiger partial charge is 0.480 e. The van der Waals surface area contributed by atoms with Crippen molar-refractivity contribution in [1.29, 1.82) is 0 Å². The highest BCUT2D eigenvalue weighted by Gasteiger charge is 2.61. The maximum absolute atomic E-state index is 13.1. The van der Waals surface area contributed by atoms with E-state index in [9.17, 15) is 35.1 Å². The van der Waals surface area contributed by atoms with Crippen LogP contribution in [0.3, 0.4) is 0 Å². The van der Waals surface area contributed by atoms with Crippen LogP contribution in [0.25, 0.3) is 0 Å². The normalized spacial score (nSPS) is 26.4. The van der Waals surface area contributed by atoms with Crippen molar-refractivity contribution in [3.05, 3.63) is 35.9 Å². The van der Waals surface area contributed by atoms with Crippen molar-refractivity contribution in [2.45, 2.75) is 55.9 Å². The Morgan fingerprint density at radius 1 is 1.19 bits per heavy atom. The SMILES string of the molecule is NCCCCC(C(=O)O)N(C(=O)OCc1ccccc1)C1(CO)O[C@H](CO)[C@@H](O)[C@@H]1O. The number of carbonyl (C=O) groups is 2. The summed E-state index contributed by atoms with van der Waals surface area (Å²) in [5, 5.41) is 50.1. The molecule has 1 aromatic carbocycles. The van der Waals surface area contributed by atoms with Crippen LogP contribution in [-0.4, -0.2) is 92.3 Å². The van der Waals surface area contributed by atoms with E-state index in [1.807, 2.05) is 0 Å². The first-order valence-corrected chi connectivity index (χ1v) is 10.0. The molecular weight excluding hydrogens is 412 g/mol. The third-order valence-corrected chi connectivity index (χ3v) is 5.27. The van der Waals surface area contributed by atoms with Crippen LogP contribution >= 0.6 is 0 Å². The first-order chi connectivity index (χ1) is 14.8. The summed E-state index contributed by atoms with van der Waals surface area (Å²) in [6.45, 7) is -1.66. The maximum Gasteiger partial charge on any atom is 0.413 e. The summed E-state index contributed by atoms with van der Waals surface area (Å²) < 4.78 is 10.8. The Morgan fingerprint density at radius 3 is 2.39 bits per heavy atom. The Kier molecular flexibility index (Phi) is 9.16. The van der Waals surface area contributed by atoms with Gasteiger partial charge in [0.25, 0.3) is 0 Å². The van der Waals surface area contributed by atoms with Gasteiger partial charge in [0.1, 0.15) is 31.0 Å². The van der Waals surface area contributed by atoms with Crippen molar-refractivity contribution in [2.75, 3.05) is 19.8 Å². The van der Waals surface area contributed by atoms with Crippen LogP contribution in [0.1, 0.15) is 24.8 Å². The maximum atomic E-state index is 13.1. The molecule has 31 heavy (non-hydrogen) atoms. The van der Waals surface area contributed by atoms with E-state index in [4.69, 9.17) is 15.2 Å². The van der Waals surface area contributed by atoms with E-state index in [1.165, 1.54) is 0 Å². The predicted molar refractivity (Wildman–Crippen MR) is 107 cm³/mol. The summed E-state index contributed by atoms with van der Waals surface area (Å²) in [7, 11) is 0. The summed E-state index contributed by atoms with van der Waals surface area (Å²) >= 11 is 0. The number of unbranched alkanes of at least 4 members (excludes halogenated alkanes) is 1. The predicted octanol–water partition coefficient (Wildman–Crippen LogP) is -0.991. The number of aliphatic hydroxyl groups excluding tert-OH is 4. The highest BCUT2D eigenvalue weighted by Crippen LogP contribution is 2.37. The molecule has 174 valence electrons. The van der Waals surface area contributed by atoms with E-state index in [0.717, 1.165) is 0 Å². The summed E-state index contributed by atoms with van der Waals surface area (Å²) in [5.41, 5.74) is 3.77. The Bertz CT molecular complexity index is 720. The van der Waals surface area contributed by atoms with Gasteiger partial charge in [-0.25, -0.2) is 9.59 Å². The molecule has 2 rings (SSSR count). The third-order valence-electron chi connectivity index (χ3n) is 5.27. The van der Waals surface area contributed by atoms with Gasteiger partial charge in [0.05, 0.1) is 13.2 Å². The second-order valence-corrected chi connectivity index (χ2v) is 7.33. The molecule has 1 aliphatic heterocycles. The fourth-order valence-corrected chi connectivity index (χ4v) is 3.60. The lowest BCUT2D eigenvalue weighted by Crippen LogP contribution is -2.66. The van der Waals surface area contributed by atoms with Crippen LogP contribution in [-0.2, 0) is 20.9 Å². The number of nitrogens with two attached hydrogens (primary N) is 1. The molecule has 1 amide bonds. The molecule has 1 heterocycles. The number of hydrogen-bond acceptors (Lipinski definition) is 9. The third kappa shape index (κ3) is 5.50. The number of amides is 1. The molecule has 1 saturated heterocycles. The minimum absolute atomic E-state index is 0.0648. The highest BCUT2D eigenvalue weighted by atomic mass is 16.6. The van der Waals surface area contributed by atoms with Gasteiger partial charge in [0, 0.05) is 0 Å². The van der Waals surface area contributed by atoms with Gasteiger partial charge in [0.2, 0.25) is 0 Å². The van der Waals surface area contributed by atoms with Gasteiger partial charge in [-0.15, -0.1) is 0 Å². The molecule has 5 atom stereocenters. The molecule has 0 aliphatic carbocycles. The van der Waals surface area contributed by atoms with E-state index in [1.54, 1.807) is 30.3 Å². The molecule has 1 fully saturated rings. The number of nitrogens with zero attached hydrogens (tertiary/aromatic N) is 1. The number of benzene rings is 1. The highest BCUT2D eigenvalue weighted by molar-refractivity contribution is 5.80. The van der Waals surface area contributed by atoms with E-state index in [-0.39, 0.29) is 13.0 Å². The number of aliphatic carboxylic acids is 1. The van der Waals surface area contributed by atoms with E-state index in [0.29, 0.717) is 29.8 Å². The first kappa shape index (κ1) is 25.0. The van der Waals surface area contributed by atoms with Crippen LogP contribution in [0.4, 0.5) is 4.79 Å². The molecule has 0 aromatic heterocycles. The van der Waals surface area contributed by atoms with Gasteiger partial charge in [-0.3, -0.25) is 4.90 Å². The molecule has 0 bridgehead atoms. The number of aliphatic hydroxyl groups is 4. The van der Waals surface area contributed by atoms with Crippen molar-refractivity contribution in [1.82, 2.24) is 4.90 Å². The lowest BCUT2D eigenvalue weighted by atomic mass is 9.98. The van der Waals surface area contributed by atoms with Crippen molar-refractivity contribution in [3.63, 3.8) is 0 Å². The van der Waals surface area contributed by atoms with Crippen molar-refractivity contribution < 1.29 is 44.6 Å². The second-order valence-electron chi connectivity index (χ2n) is 7.33. The fraction of sp³-hybridized carbons (Fsp3) is 0.600. The minimum Gasteiger partial charge on any atom is -0.480 e. The van der Waals surface area contributed by atoms with Crippen LogP contribution < -0.4 is 5.73 Å². The molecule has 0 saturated carbocycles. The topological polar surface area (TPSA) is 183 Å². The van der Waals surface area contributed by atoms with E-state index < -0.39 is 55.4 Å². The zero-order chi connectivity index (χ0) is 23.0. The van der Waals surface area contributed by atoms with Crippen LogP contribution in [0.15, 0.2) is 30.3 Å². The molecule has 0 spiro atoms. The standard InChI is InChI=1S/C20H30N2O9/c21-9-5-4-8-14(18(27)28)22(19(29)30-11-13-6-2-1-3-7-13)20(12-24)17(26)16(25)15(10-23)31-20/h1-3,6-7,14-17,23-26H,4-5,8-12,21H2,(H,27,28)/t14?,15-,16-,17+,20?/m1/s1. The molecule has 11 nitrogen and oxygen atoms in total. The Balaban J connectivity index is 2.39. The number of carboxylic acids is 1. The molecule has 7 N–H and O–H groups in total. The number of ether oxygens (including phenoxy) is 2. The Hall–Kier alpha value is -2.28. The second kappa shape index (κ2) is 11.4. The summed E-state index contributed by atoms with van der Waals surface area (Å²) in [5.74, 6) is -1.42. The van der Waals surface area contributed by atoms with Gasteiger partial charge in [0.15, 0.2) is 5.72 Å². The van der Waals surface area contributed by atoms with Gasteiger partial charge >= 0.3 is 12.1 Å². The fourth-order valence-electron chi connectivity index (χ4n) is 3.60. The average molecular weight is 442 g/mol. The van der Waals surface area contributed by atoms with Gasteiger partial charge < -0.3 is 40.7 Å². The molecule has 0 radical (unpaired) electrons. The lowest BCUT2D eigenvalue weighted by Gasteiger charge is -2.43. The molecular formula is C20H30N2O9. The van der Waals surface area contributed by atoms with E-state index >= 15 is 0 Å². The van der Waals surface area contributed by atoms with Crippen molar-refractivity contribution in [2.24, 2.45) is 5.73 Å². The number of carboxylic acid groups (broad SMARTS) is 1. The molecule has 1 aromatic rings. The Morgan fingerprint density at radius 2 is 1.87 bits per heavy atom. The summed E-state index contributed by atoms with van der Waals surface area (Å²) in [4.78, 5) is 25.7. The quantitative estimate of drug-likeness (QED) is 0.233. The van der Waals surface area contributed by atoms with Gasteiger partial charge in [-0.05, 0) is 31.4 Å². The monoisotopic (exact) mass is 442 g/mol. The van der Waals surface area contributed by atoms with E-state index in [2.05, 4.69) is 0 Å². The van der Waals surface area contributed by atoms with Crippen LogP contribution in [0, 0.1) is 0 Å². The van der Waals surface area contributed by atoms with Crippen LogP contribution in [0.5, 0.6) is 0 Å². The number of carbonyl (C=O) groups excluding carboxylic acids is 1. The zero-order valence-electron chi connectivity index (χ0n) is 17.0. The Labute approximate surface area is 179 Å². The minimum atomic E-state index is -2.33. The average Bonchev–Trinajstić information content (AvgIpc) is 3.03. The first-order valence-electron chi connectivity index (χ1n) is 10.0. The molecule has 11 heteroatoms. The molecule has 1 aliphatic rings. The summed E-state index contributed by atoms with van der Waals surface area (Å²) in [6.07, 6.45) is -5.32. The zero-order valence-corrected chi connectivity index (χ0v) is 17.0. The lowest BCUT2D eigenvalue weighted by molar-refractivity contribution is -0.211. The molecule has 2 unspecified atom stereocenters.